The van der Waals surface area contributed by atoms with Gasteiger partial charge in [-0.15, -0.1) is 5.10 Å². The second-order valence-corrected chi connectivity index (χ2v) is 1.92. The summed E-state index contributed by atoms with van der Waals surface area (Å²) >= 11 is 0. The monoisotopic (exact) mass is 126 g/mol. The normalized spacial score (nSPS) is 9.89. The summed E-state index contributed by atoms with van der Waals surface area (Å²) in [6, 6.07) is 0. The minimum atomic E-state index is 0.594. The molecule has 1 aromatic rings. The van der Waals surface area contributed by atoms with Crippen molar-refractivity contribution in [2.24, 2.45) is 0 Å². The molecule has 0 spiro atoms. The standard InChI is InChI=1S/C5H10N4/c1-2-3-4-5(6)8-9-7-4/h2-3H2,1H3,(H3,6,7,8,9). The van der Waals surface area contributed by atoms with Gasteiger partial charge in [-0.3, -0.25) is 0 Å². The third kappa shape index (κ3) is 1.19. The second-order valence-electron chi connectivity index (χ2n) is 1.92. The molecule has 0 aliphatic carbocycles. The zero-order chi connectivity index (χ0) is 6.69. The Balaban J connectivity index is 2.69. The van der Waals surface area contributed by atoms with Crippen molar-refractivity contribution in [1.82, 2.24) is 15.4 Å². The van der Waals surface area contributed by atoms with Gasteiger partial charge < -0.3 is 5.73 Å². The van der Waals surface area contributed by atoms with Gasteiger partial charge in [-0.2, -0.15) is 0 Å². The van der Waals surface area contributed by atoms with Crippen molar-refractivity contribution in [2.75, 3.05) is 5.73 Å². The van der Waals surface area contributed by atoms with E-state index in [1.165, 1.54) is 0 Å². The van der Waals surface area contributed by atoms with Crippen LogP contribution in [0.3, 0.4) is 0 Å². The number of nitrogen functional groups attached to an aromatic ring is 1. The molecule has 9 heavy (non-hydrogen) atoms. The number of hydrogen-bond donors (Lipinski definition) is 2. The van der Waals surface area contributed by atoms with E-state index in [9.17, 15) is 0 Å². The molecule has 0 unspecified atom stereocenters. The van der Waals surface area contributed by atoms with Crippen LogP contribution in [0.4, 0.5) is 5.82 Å². The summed E-state index contributed by atoms with van der Waals surface area (Å²) in [5.41, 5.74) is 6.32. The van der Waals surface area contributed by atoms with Gasteiger partial charge in [-0.1, -0.05) is 18.6 Å². The Morgan fingerprint density at radius 1 is 1.67 bits per heavy atom. The van der Waals surface area contributed by atoms with Crippen molar-refractivity contribution < 1.29 is 0 Å². The number of hydrogen-bond acceptors (Lipinski definition) is 3. The van der Waals surface area contributed by atoms with Crippen molar-refractivity contribution in [3.05, 3.63) is 5.69 Å². The first-order valence-corrected chi connectivity index (χ1v) is 3.00. The lowest BCUT2D eigenvalue weighted by Gasteiger charge is -1.88. The summed E-state index contributed by atoms with van der Waals surface area (Å²) in [6.45, 7) is 2.08. The number of nitrogens with zero attached hydrogens (tertiary/aromatic N) is 2. The van der Waals surface area contributed by atoms with Crippen LogP contribution in [0.15, 0.2) is 0 Å². The molecule has 0 aliphatic heterocycles. The number of H-pyrrole nitrogens is 1. The average molecular weight is 126 g/mol. The van der Waals surface area contributed by atoms with E-state index in [0.29, 0.717) is 5.82 Å². The summed E-state index contributed by atoms with van der Waals surface area (Å²) in [6.07, 6.45) is 1.96. The molecule has 0 amide bonds. The maximum absolute atomic E-state index is 5.45. The second kappa shape index (κ2) is 2.48. The number of aromatic amines is 1. The summed E-state index contributed by atoms with van der Waals surface area (Å²) in [4.78, 5) is 0. The smallest absolute Gasteiger partial charge is 0.142 e. The van der Waals surface area contributed by atoms with E-state index in [4.69, 9.17) is 5.73 Å². The zero-order valence-electron chi connectivity index (χ0n) is 5.39. The summed E-state index contributed by atoms with van der Waals surface area (Å²) in [7, 11) is 0. The Labute approximate surface area is 53.5 Å². The van der Waals surface area contributed by atoms with Gasteiger partial charge in [0.25, 0.3) is 0 Å². The first-order chi connectivity index (χ1) is 4.34. The minimum Gasteiger partial charge on any atom is -0.383 e. The lowest BCUT2D eigenvalue weighted by atomic mass is 10.2. The number of anilines is 1. The molecule has 4 heteroatoms. The fraction of sp³-hybridized carbons (Fsp3) is 0.600. The Kier molecular flexibility index (Phi) is 1.67. The largest absolute Gasteiger partial charge is 0.383 e. The number of nitrogens with one attached hydrogen (secondary N) is 1. The van der Waals surface area contributed by atoms with E-state index >= 15 is 0 Å². The molecule has 0 atom stereocenters. The minimum absolute atomic E-state index is 0.594. The fourth-order valence-corrected chi connectivity index (χ4v) is 0.679. The molecule has 0 saturated carbocycles. The third-order valence-electron chi connectivity index (χ3n) is 1.14. The van der Waals surface area contributed by atoms with Crippen molar-refractivity contribution >= 4 is 5.82 Å². The van der Waals surface area contributed by atoms with Crippen LogP contribution in [0.2, 0.25) is 0 Å². The lowest BCUT2D eigenvalue weighted by Crippen LogP contribution is -1.91. The zero-order valence-corrected chi connectivity index (χ0v) is 5.39. The number of rotatable bonds is 2. The number of nitrogens with two attached hydrogens (primary N) is 1. The van der Waals surface area contributed by atoms with Gasteiger partial charge in [-0.25, -0.2) is 5.10 Å². The molecule has 0 bridgehead atoms. The molecule has 0 radical (unpaired) electrons. The van der Waals surface area contributed by atoms with Gasteiger partial charge in [0.1, 0.15) is 11.5 Å². The van der Waals surface area contributed by atoms with Crippen LogP contribution in [0.25, 0.3) is 0 Å². The SMILES string of the molecule is CCCc1nn[nH]c1N. The van der Waals surface area contributed by atoms with Gasteiger partial charge >= 0.3 is 0 Å². The molecule has 3 N–H and O–H groups in total. The summed E-state index contributed by atoms with van der Waals surface area (Å²) < 4.78 is 0. The molecule has 50 valence electrons. The quantitative estimate of drug-likeness (QED) is 0.600. The van der Waals surface area contributed by atoms with Gasteiger partial charge in [0.2, 0.25) is 0 Å². The average Bonchev–Trinajstić information content (AvgIpc) is 2.18. The molecule has 0 fully saturated rings. The maximum Gasteiger partial charge on any atom is 0.142 e. The highest BCUT2D eigenvalue weighted by Crippen LogP contribution is 2.03. The highest BCUT2D eigenvalue weighted by Gasteiger charge is 1.98. The molecule has 1 rings (SSSR count). The van der Waals surface area contributed by atoms with E-state index in [-0.39, 0.29) is 0 Å². The van der Waals surface area contributed by atoms with E-state index < -0.39 is 0 Å². The van der Waals surface area contributed by atoms with Gasteiger partial charge in [0.05, 0.1) is 0 Å². The van der Waals surface area contributed by atoms with Crippen molar-refractivity contribution in [2.45, 2.75) is 19.8 Å². The van der Waals surface area contributed by atoms with Crippen molar-refractivity contribution in [1.29, 1.82) is 0 Å². The van der Waals surface area contributed by atoms with Crippen LogP contribution in [0, 0.1) is 0 Å². The predicted molar refractivity (Wildman–Crippen MR) is 34.8 cm³/mol. The van der Waals surface area contributed by atoms with E-state index in [2.05, 4.69) is 22.3 Å². The van der Waals surface area contributed by atoms with Crippen molar-refractivity contribution in [3.63, 3.8) is 0 Å². The third-order valence-corrected chi connectivity index (χ3v) is 1.14. The van der Waals surface area contributed by atoms with E-state index in [1.54, 1.807) is 0 Å². The first-order valence-electron chi connectivity index (χ1n) is 3.00. The van der Waals surface area contributed by atoms with E-state index in [1.807, 2.05) is 0 Å². The van der Waals surface area contributed by atoms with Crippen LogP contribution in [-0.4, -0.2) is 15.4 Å². The molecule has 1 heterocycles. The molecule has 0 aromatic carbocycles. The number of aromatic nitrogens is 3. The topological polar surface area (TPSA) is 67.6 Å². The van der Waals surface area contributed by atoms with Crippen LogP contribution >= 0.6 is 0 Å². The molecule has 4 nitrogen and oxygen atoms in total. The lowest BCUT2D eigenvalue weighted by molar-refractivity contribution is 0.853. The Morgan fingerprint density at radius 3 is 2.89 bits per heavy atom. The molecular formula is C5H10N4. The summed E-state index contributed by atoms with van der Waals surface area (Å²) in [5, 5.41) is 9.89. The number of aryl methyl sites for hydroxylation is 1. The molecular weight excluding hydrogens is 116 g/mol. The molecule has 0 saturated heterocycles. The summed E-state index contributed by atoms with van der Waals surface area (Å²) in [5.74, 6) is 0.594. The van der Waals surface area contributed by atoms with Crippen molar-refractivity contribution in [3.8, 4) is 0 Å². The Morgan fingerprint density at radius 2 is 2.44 bits per heavy atom. The Bertz CT molecular complexity index is 181. The van der Waals surface area contributed by atoms with Crippen LogP contribution in [-0.2, 0) is 6.42 Å². The molecule has 1 aromatic heterocycles. The Hall–Kier alpha value is -1.06. The molecule has 0 aliphatic rings. The van der Waals surface area contributed by atoms with Gasteiger partial charge in [0.15, 0.2) is 0 Å². The first kappa shape index (κ1) is 6.07. The highest BCUT2D eigenvalue weighted by molar-refractivity contribution is 5.31. The maximum atomic E-state index is 5.45. The van der Waals surface area contributed by atoms with Crippen LogP contribution in [0.1, 0.15) is 19.0 Å². The predicted octanol–water partition coefficient (Wildman–Crippen LogP) is 0.339. The van der Waals surface area contributed by atoms with Crippen LogP contribution < -0.4 is 5.73 Å². The van der Waals surface area contributed by atoms with E-state index in [0.717, 1.165) is 18.5 Å². The van der Waals surface area contributed by atoms with Gasteiger partial charge in [-0.05, 0) is 6.42 Å². The fourth-order valence-electron chi connectivity index (χ4n) is 0.679. The van der Waals surface area contributed by atoms with Gasteiger partial charge in [0, 0.05) is 0 Å². The highest BCUT2D eigenvalue weighted by atomic mass is 15.3. The van der Waals surface area contributed by atoms with Crippen LogP contribution in [0.5, 0.6) is 0 Å².